The molecule has 1 fully saturated rings. The van der Waals surface area contributed by atoms with Gasteiger partial charge in [0.1, 0.15) is 22.6 Å². The van der Waals surface area contributed by atoms with Crippen LogP contribution in [-0.2, 0) is 26.3 Å². The van der Waals surface area contributed by atoms with Crippen molar-refractivity contribution in [2.75, 3.05) is 18.5 Å². The number of rotatable bonds is 6. The minimum absolute atomic E-state index is 0.192. The Morgan fingerprint density at radius 2 is 2.00 bits per heavy atom. The van der Waals surface area contributed by atoms with Gasteiger partial charge in [-0.1, -0.05) is 30.3 Å². The average Bonchev–Trinajstić information content (AvgIpc) is 3.59. The molecule has 34 heavy (non-hydrogen) atoms. The van der Waals surface area contributed by atoms with E-state index in [1.54, 1.807) is 12.3 Å². The molecule has 1 atom stereocenters. The molecule has 2 aliphatic rings. The van der Waals surface area contributed by atoms with Gasteiger partial charge in [-0.2, -0.15) is 0 Å². The lowest BCUT2D eigenvalue weighted by molar-refractivity contribution is -0.134. The highest BCUT2D eigenvalue weighted by Gasteiger charge is 2.55. The quantitative estimate of drug-likeness (QED) is 0.398. The van der Waals surface area contributed by atoms with Crippen molar-refractivity contribution in [3.8, 4) is 10.4 Å². The molecule has 2 aromatic heterocycles. The largest absolute Gasteiger partial charge is 0.462 e. The summed E-state index contributed by atoms with van der Waals surface area (Å²) in [5, 5.41) is 9.52. The predicted octanol–water partition coefficient (Wildman–Crippen LogP) is 3.99. The number of imide groups is 1. The number of carbonyl (C=O) groups is 4. The molecule has 0 saturated carbocycles. The van der Waals surface area contributed by atoms with Gasteiger partial charge in [-0.15, -0.1) is 22.7 Å². The first kappa shape index (κ1) is 22.3. The second kappa shape index (κ2) is 8.69. The third-order valence-corrected chi connectivity index (χ3v) is 7.83. The zero-order valence-electron chi connectivity index (χ0n) is 18.3. The predicted molar refractivity (Wildman–Crippen MR) is 129 cm³/mol. The van der Waals surface area contributed by atoms with Gasteiger partial charge in [0.15, 0.2) is 0 Å². The van der Waals surface area contributed by atoms with E-state index in [0.29, 0.717) is 23.4 Å². The van der Waals surface area contributed by atoms with Gasteiger partial charge in [0.05, 0.1) is 6.61 Å². The Labute approximate surface area is 203 Å². The van der Waals surface area contributed by atoms with Crippen LogP contribution < -0.4 is 10.6 Å². The molecule has 0 bridgehead atoms. The lowest BCUT2D eigenvalue weighted by Crippen LogP contribution is -2.43. The molecule has 1 aliphatic carbocycles. The molecule has 4 amide bonds. The monoisotopic (exact) mass is 495 g/mol. The van der Waals surface area contributed by atoms with Gasteiger partial charge in [-0.3, -0.25) is 14.5 Å². The zero-order valence-corrected chi connectivity index (χ0v) is 19.9. The molecule has 8 nitrogen and oxygen atoms in total. The summed E-state index contributed by atoms with van der Waals surface area (Å²) in [6.45, 7) is 1.45. The molecule has 5 rings (SSSR count). The van der Waals surface area contributed by atoms with E-state index in [2.05, 4.69) is 10.6 Å². The molecule has 1 aromatic carbocycles. The van der Waals surface area contributed by atoms with Crippen LogP contribution in [0.2, 0.25) is 0 Å². The number of nitrogens with zero attached hydrogens (tertiary/aromatic N) is 1. The third-order valence-electron chi connectivity index (χ3n) is 6.03. The summed E-state index contributed by atoms with van der Waals surface area (Å²) < 4.78 is 5.20. The maximum atomic E-state index is 13.3. The van der Waals surface area contributed by atoms with Crippen molar-refractivity contribution in [3.63, 3.8) is 0 Å². The van der Waals surface area contributed by atoms with E-state index in [-0.39, 0.29) is 12.2 Å². The van der Waals surface area contributed by atoms with Crippen molar-refractivity contribution in [1.29, 1.82) is 0 Å². The molecule has 1 aliphatic heterocycles. The fourth-order valence-electron chi connectivity index (χ4n) is 4.51. The molecule has 1 spiro atoms. The number of thiophene rings is 2. The van der Waals surface area contributed by atoms with Gasteiger partial charge in [0, 0.05) is 15.8 Å². The Morgan fingerprint density at radius 1 is 1.18 bits per heavy atom. The Kier molecular flexibility index (Phi) is 5.70. The number of nitrogens with one attached hydrogen (secondary N) is 2. The highest BCUT2D eigenvalue weighted by molar-refractivity contribution is 7.17. The number of benzene rings is 1. The summed E-state index contributed by atoms with van der Waals surface area (Å²) >= 11 is 2.67. The summed E-state index contributed by atoms with van der Waals surface area (Å²) in [5.74, 6) is -1.55. The summed E-state index contributed by atoms with van der Waals surface area (Å²) in [5.41, 5.74) is 1.60. The van der Waals surface area contributed by atoms with Crippen LogP contribution >= 0.6 is 22.7 Å². The van der Waals surface area contributed by atoms with E-state index < -0.39 is 35.9 Å². The molecule has 10 heteroatoms. The Bertz CT molecular complexity index is 1300. The minimum Gasteiger partial charge on any atom is -0.462 e. The van der Waals surface area contributed by atoms with Crippen molar-refractivity contribution in [2.45, 2.75) is 25.3 Å². The minimum atomic E-state index is -1.13. The number of aryl methyl sites for hydroxylation is 1. The highest BCUT2D eigenvalue weighted by atomic mass is 32.1. The first-order chi connectivity index (χ1) is 16.4. The number of esters is 1. The SMILES string of the molecule is CCOC(=O)c1c(-c2cccs2)csc1NC(=O)CN1C(=O)NC2(CCc3ccccc32)C1=O. The van der Waals surface area contributed by atoms with E-state index >= 15 is 0 Å². The molecule has 3 heterocycles. The molecule has 0 radical (unpaired) electrons. The maximum absolute atomic E-state index is 13.3. The van der Waals surface area contributed by atoms with Crippen LogP contribution in [0.4, 0.5) is 9.80 Å². The van der Waals surface area contributed by atoms with Crippen LogP contribution in [0.5, 0.6) is 0 Å². The number of carbonyl (C=O) groups excluding carboxylic acids is 4. The molecule has 2 N–H and O–H groups in total. The van der Waals surface area contributed by atoms with Gasteiger partial charge < -0.3 is 15.4 Å². The van der Waals surface area contributed by atoms with E-state index in [9.17, 15) is 19.2 Å². The van der Waals surface area contributed by atoms with Gasteiger partial charge in [0.25, 0.3) is 5.91 Å². The summed E-state index contributed by atoms with van der Waals surface area (Å²) in [7, 11) is 0. The third kappa shape index (κ3) is 3.59. The first-order valence-electron chi connectivity index (χ1n) is 10.8. The topological polar surface area (TPSA) is 105 Å². The summed E-state index contributed by atoms with van der Waals surface area (Å²) in [4.78, 5) is 53.4. The van der Waals surface area contributed by atoms with E-state index in [1.807, 2.05) is 41.8 Å². The van der Waals surface area contributed by atoms with Gasteiger partial charge in [-0.05, 0) is 42.3 Å². The Hall–Kier alpha value is -3.50. The number of anilines is 1. The average molecular weight is 496 g/mol. The van der Waals surface area contributed by atoms with Crippen molar-refractivity contribution >= 4 is 51.5 Å². The standard InChI is InChI=1S/C24H21N3O5S2/c1-2-32-21(29)19-15(17-8-5-11-33-17)13-34-20(19)25-18(28)12-27-22(30)24(26-23(27)31)10-9-14-6-3-4-7-16(14)24/h3-8,11,13H,2,9-10,12H2,1H3,(H,25,28)(H,26,31). The fraction of sp³-hybridized carbons (Fsp3) is 0.250. The number of ether oxygens (including phenoxy) is 1. The molecule has 3 aromatic rings. The molecular formula is C24H21N3O5S2. The van der Waals surface area contributed by atoms with Crippen LogP contribution in [0, 0.1) is 0 Å². The molecule has 1 saturated heterocycles. The van der Waals surface area contributed by atoms with Crippen molar-refractivity contribution in [3.05, 3.63) is 63.8 Å². The molecular weight excluding hydrogens is 474 g/mol. The number of fused-ring (bicyclic) bond motifs is 2. The van der Waals surface area contributed by atoms with E-state index in [1.165, 1.54) is 22.7 Å². The number of urea groups is 1. The van der Waals surface area contributed by atoms with Crippen LogP contribution in [0.15, 0.2) is 47.2 Å². The van der Waals surface area contributed by atoms with Crippen LogP contribution in [0.25, 0.3) is 10.4 Å². The fourth-order valence-corrected chi connectivity index (χ4v) is 6.30. The Morgan fingerprint density at radius 3 is 2.76 bits per heavy atom. The van der Waals surface area contributed by atoms with Crippen LogP contribution in [-0.4, -0.2) is 41.9 Å². The summed E-state index contributed by atoms with van der Waals surface area (Å²) in [6, 6.07) is 10.7. The lowest BCUT2D eigenvalue weighted by Gasteiger charge is -2.22. The van der Waals surface area contributed by atoms with Crippen molar-refractivity contribution in [2.24, 2.45) is 0 Å². The van der Waals surface area contributed by atoms with Crippen LogP contribution in [0.1, 0.15) is 34.8 Å². The van der Waals surface area contributed by atoms with Gasteiger partial charge >= 0.3 is 12.0 Å². The van der Waals surface area contributed by atoms with E-state index in [0.717, 1.165) is 20.9 Å². The van der Waals surface area contributed by atoms with Crippen molar-refractivity contribution < 1.29 is 23.9 Å². The maximum Gasteiger partial charge on any atom is 0.341 e. The summed E-state index contributed by atoms with van der Waals surface area (Å²) in [6.07, 6.45) is 1.13. The van der Waals surface area contributed by atoms with Crippen molar-refractivity contribution in [1.82, 2.24) is 10.2 Å². The molecule has 174 valence electrons. The van der Waals surface area contributed by atoms with E-state index in [4.69, 9.17) is 4.74 Å². The second-order valence-corrected chi connectivity index (χ2v) is 9.81. The van der Waals surface area contributed by atoms with Gasteiger partial charge in [0.2, 0.25) is 5.91 Å². The molecule has 1 unspecified atom stereocenters. The second-order valence-electron chi connectivity index (χ2n) is 7.98. The highest BCUT2D eigenvalue weighted by Crippen LogP contribution is 2.41. The number of hydrogen-bond donors (Lipinski definition) is 2. The first-order valence-corrected chi connectivity index (χ1v) is 12.6. The Balaban J connectivity index is 1.37. The number of amides is 4. The number of hydrogen-bond acceptors (Lipinski definition) is 7. The van der Waals surface area contributed by atoms with Gasteiger partial charge in [-0.25, -0.2) is 9.59 Å². The zero-order chi connectivity index (χ0) is 23.9. The van der Waals surface area contributed by atoms with Crippen LogP contribution in [0.3, 0.4) is 0 Å². The normalized spacial score (nSPS) is 18.8. The lowest BCUT2D eigenvalue weighted by atomic mass is 9.92. The smallest absolute Gasteiger partial charge is 0.341 e.